The number of nitrogens with zero attached hydrogens (tertiary/aromatic N) is 6. The smallest absolute Gasteiger partial charge is 0.103 e. The zero-order chi connectivity index (χ0) is 18.6. The molecule has 5 rings (SSSR count). The molecule has 1 aromatic carbocycles. The normalized spacial score (nSPS) is 20.2. The standard InChI is InChI=1S/C19H23BrN6O/c1-19(12-27-13-19)25-5-3-24(4-6-25)18-8-17-14(7-16(18)20)9-22-26(17)15-10-21-23(2)11-15/h7-11H,3-6,12-13H2,1-2H3. The lowest BCUT2D eigenvalue weighted by atomic mass is 9.97. The summed E-state index contributed by atoms with van der Waals surface area (Å²) in [4.78, 5) is 5.03. The third-order valence-electron chi connectivity index (χ3n) is 5.78. The van der Waals surface area contributed by atoms with Gasteiger partial charge in [-0.2, -0.15) is 10.2 Å². The fourth-order valence-corrected chi connectivity index (χ4v) is 4.68. The number of benzene rings is 1. The second kappa shape index (κ2) is 6.32. The molecule has 3 aromatic rings. The monoisotopic (exact) mass is 430 g/mol. The summed E-state index contributed by atoms with van der Waals surface area (Å²) in [5.41, 5.74) is 3.53. The Morgan fingerprint density at radius 3 is 2.48 bits per heavy atom. The van der Waals surface area contributed by atoms with Gasteiger partial charge in [-0.15, -0.1) is 0 Å². The number of piperazine rings is 1. The van der Waals surface area contributed by atoms with Crippen LogP contribution in [0.1, 0.15) is 6.92 Å². The number of aryl methyl sites for hydroxylation is 1. The van der Waals surface area contributed by atoms with E-state index in [1.54, 1.807) is 4.68 Å². The highest BCUT2D eigenvalue weighted by Gasteiger charge is 2.40. The maximum atomic E-state index is 5.44. The molecule has 2 saturated heterocycles. The average molecular weight is 431 g/mol. The second-order valence-corrected chi connectivity index (χ2v) is 8.61. The van der Waals surface area contributed by atoms with Crippen molar-refractivity contribution in [2.24, 2.45) is 7.05 Å². The highest BCUT2D eigenvalue weighted by atomic mass is 79.9. The van der Waals surface area contributed by atoms with Crippen LogP contribution in [0.2, 0.25) is 0 Å². The van der Waals surface area contributed by atoms with Crippen molar-refractivity contribution in [2.75, 3.05) is 44.3 Å². The Balaban J connectivity index is 1.44. The van der Waals surface area contributed by atoms with Gasteiger partial charge in [0.05, 0.1) is 48.5 Å². The number of halogens is 1. The van der Waals surface area contributed by atoms with Gasteiger partial charge in [0, 0.05) is 43.1 Å². The molecule has 0 aliphatic carbocycles. The van der Waals surface area contributed by atoms with Gasteiger partial charge in [0.1, 0.15) is 5.69 Å². The van der Waals surface area contributed by atoms with Gasteiger partial charge < -0.3 is 9.64 Å². The topological polar surface area (TPSA) is 51.4 Å². The number of aromatic nitrogens is 4. The van der Waals surface area contributed by atoms with Gasteiger partial charge in [-0.3, -0.25) is 9.58 Å². The maximum Gasteiger partial charge on any atom is 0.103 e. The number of hydrogen-bond donors (Lipinski definition) is 0. The van der Waals surface area contributed by atoms with Crippen molar-refractivity contribution in [3.8, 4) is 5.69 Å². The Morgan fingerprint density at radius 2 is 1.85 bits per heavy atom. The van der Waals surface area contributed by atoms with Gasteiger partial charge in [-0.05, 0) is 35.0 Å². The Morgan fingerprint density at radius 1 is 1.07 bits per heavy atom. The van der Waals surface area contributed by atoms with Crippen LogP contribution in [-0.2, 0) is 11.8 Å². The summed E-state index contributed by atoms with van der Waals surface area (Å²) < 4.78 is 10.3. The van der Waals surface area contributed by atoms with Gasteiger partial charge >= 0.3 is 0 Å². The van der Waals surface area contributed by atoms with E-state index in [-0.39, 0.29) is 5.54 Å². The maximum absolute atomic E-state index is 5.44. The molecular formula is C19H23BrN6O. The molecule has 0 spiro atoms. The van der Waals surface area contributed by atoms with Crippen LogP contribution in [-0.4, -0.2) is 69.4 Å². The minimum Gasteiger partial charge on any atom is -0.377 e. The fourth-order valence-electron chi connectivity index (χ4n) is 4.07. The Kier molecular flexibility index (Phi) is 4.03. The molecule has 2 aliphatic heterocycles. The van der Waals surface area contributed by atoms with Crippen molar-refractivity contribution in [1.29, 1.82) is 0 Å². The molecule has 0 bridgehead atoms. The third-order valence-corrected chi connectivity index (χ3v) is 6.42. The predicted molar refractivity (Wildman–Crippen MR) is 109 cm³/mol. The summed E-state index contributed by atoms with van der Waals surface area (Å²) in [7, 11) is 1.92. The summed E-state index contributed by atoms with van der Waals surface area (Å²) in [6.45, 7) is 8.17. The number of ether oxygens (including phenoxy) is 1. The number of fused-ring (bicyclic) bond motifs is 1. The molecule has 4 heterocycles. The van der Waals surface area contributed by atoms with Gasteiger partial charge in [-0.1, -0.05) is 0 Å². The summed E-state index contributed by atoms with van der Waals surface area (Å²) >= 11 is 3.77. The van der Waals surface area contributed by atoms with E-state index in [9.17, 15) is 0 Å². The van der Waals surface area contributed by atoms with Crippen LogP contribution in [0.15, 0.2) is 35.2 Å². The molecule has 0 atom stereocenters. The lowest BCUT2D eigenvalue weighted by molar-refractivity contribution is -0.131. The molecule has 7 nitrogen and oxygen atoms in total. The van der Waals surface area contributed by atoms with Gasteiger partial charge in [-0.25, -0.2) is 4.68 Å². The molecule has 2 aromatic heterocycles. The molecule has 8 heteroatoms. The Bertz CT molecular complexity index is 983. The molecule has 0 N–H and O–H groups in total. The summed E-state index contributed by atoms with van der Waals surface area (Å²) in [5, 5.41) is 9.96. The van der Waals surface area contributed by atoms with E-state index < -0.39 is 0 Å². The number of anilines is 1. The van der Waals surface area contributed by atoms with E-state index in [2.05, 4.69) is 55.0 Å². The minimum atomic E-state index is 0.228. The van der Waals surface area contributed by atoms with E-state index >= 15 is 0 Å². The van der Waals surface area contributed by atoms with Crippen LogP contribution >= 0.6 is 15.9 Å². The molecule has 142 valence electrons. The SMILES string of the molecule is Cn1cc(-n2ncc3cc(Br)c(N4CCN(C5(C)COC5)CC4)cc32)cn1. The summed E-state index contributed by atoms with van der Waals surface area (Å²) in [6.07, 6.45) is 5.73. The third kappa shape index (κ3) is 2.86. The van der Waals surface area contributed by atoms with Crippen LogP contribution in [0.3, 0.4) is 0 Å². The highest BCUT2D eigenvalue weighted by molar-refractivity contribution is 9.10. The first-order valence-corrected chi connectivity index (χ1v) is 10.1. The summed E-state index contributed by atoms with van der Waals surface area (Å²) in [5.74, 6) is 0. The first kappa shape index (κ1) is 17.2. The Labute approximate surface area is 166 Å². The number of hydrogen-bond acceptors (Lipinski definition) is 5. The first-order valence-electron chi connectivity index (χ1n) is 9.28. The van der Waals surface area contributed by atoms with Crippen LogP contribution in [0.4, 0.5) is 5.69 Å². The lowest BCUT2D eigenvalue weighted by Crippen LogP contribution is -2.64. The van der Waals surface area contributed by atoms with Crippen LogP contribution in [0.5, 0.6) is 0 Å². The van der Waals surface area contributed by atoms with E-state index in [0.717, 1.165) is 60.5 Å². The van der Waals surface area contributed by atoms with Crippen LogP contribution in [0.25, 0.3) is 16.6 Å². The molecule has 0 unspecified atom stereocenters. The van der Waals surface area contributed by atoms with Crippen molar-refractivity contribution < 1.29 is 4.74 Å². The Hall–Kier alpha value is -1.90. The van der Waals surface area contributed by atoms with Gasteiger partial charge in [0.15, 0.2) is 0 Å². The van der Waals surface area contributed by atoms with E-state index in [1.165, 1.54) is 5.69 Å². The van der Waals surface area contributed by atoms with E-state index in [1.807, 2.05) is 30.3 Å². The quantitative estimate of drug-likeness (QED) is 0.638. The largest absolute Gasteiger partial charge is 0.377 e. The minimum absolute atomic E-state index is 0.228. The zero-order valence-corrected chi connectivity index (χ0v) is 17.2. The molecule has 0 radical (unpaired) electrons. The molecule has 0 saturated carbocycles. The molecule has 2 aliphatic rings. The highest BCUT2D eigenvalue weighted by Crippen LogP contribution is 2.34. The van der Waals surface area contributed by atoms with Crippen molar-refractivity contribution >= 4 is 32.5 Å². The predicted octanol–water partition coefficient (Wildman–Crippen LogP) is 2.43. The van der Waals surface area contributed by atoms with Crippen LogP contribution in [0, 0.1) is 0 Å². The van der Waals surface area contributed by atoms with Crippen LogP contribution < -0.4 is 4.90 Å². The number of rotatable bonds is 3. The second-order valence-electron chi connectivity index (χ2n) is 7.75. The van der Waals surface area contributed by atoms with Gasteiger partial charge in [0.25, 0.3) is 0 Å². The van der Waals surface area contributed by atoms with Crippen molar-refractivity contribution in [1.82, 2.24) is 24.5 Å². The molecule has 2 fully saturated rings. The molecular weight excluding hydrogens is 408 g/mol. The van der Waals surface area contributed by atoms with Gasteiger partial charge in [0.2, 0.25) is 0 Å². The fraction of sp³-hybridized carbons (Fsp3) is 0.474. The van der Waals surface area contributed by atoms with E-state index in [0.29, 0.717) is 0 Å². The van der Waals surface area contributed by atoms with Crippen molar-refractivity contribution in [3.63, 3.8) is 0 Å². The van der Waals surface area contributed by atoms with Crippen molar-refractivity contribution in [2.45, 2.75) is 12.5 Å². The first-order chi connectivity index (χ1) is 13.0. The zero-order valence-electron chi connectivity index (χ0n) is 15.6. The lowest BCUT2D eigenvalue weighted by Gasteiger charge is -2.50. The van der Waals surface area contributed by atoms with E-state index in [4.69, 9.17) is 4.74 Å². The molecule has 27 heavy (non-hydrogen) atoms. The molecule has 0 amide bonds. The summed E-state index contributed by atoms with van der Waals surface area (Å²) in [6, 6.07) is 4.40. The average Bonchev–Trinajstić information content (AvgIpc) is 3.24. The van der Waals surface area contributed by atoms with Crippen molar-refractivity contribution in [3.05, 3.63) is 35.2 Å².